The summed E-state index contributed by atoms with van der Waals surface area (Å²) >= 11 is 0. The van der Waals surface area contributed by atoms with Crippen LogP contribution in [0.5, 0.6) is 11.5 Å². The number of piperazine rings is 1. The minimum absolute atomic E-state index is 0.144. The second kappa shape index (κ2) is 9.34. The molecule has 30 heavy (non-hydrogen) atoms. The van der Waals surface area contributed by atoms with E-state index in [0.29, 0.717) is 26.2 Å². The molecular weight excluding hydrogens is 385 g/mol. The smallest absolute Gasteiger partial charge is 0.277 e. The number of hydrogen-bond acceptors (Lipinski definition) is 4. The lowest BCUT2D eigenvalue weighted by Crippen LogP contribution is -3.16. The number of hydrogen-bond donors (Lipinski definition) is 1. The monoisotopic (exact) mass is 414 g/mol. The second-order valence-corrected chi connectivity index (χ2v) is 7.82. The van der Waals surface area contributed by atoms with Crippen molar-refractivity contribution in [3.63, 3.8) is 0 Å². The summed E-state index contributed by atoms with van der Waals surface area (Å²) in [6.45, 7) is 7.59. The van der Waals surface area contributed by atoms with E-state index < -0.39 is 0 Å². The fourth-order valence-electron chi connectivity index (χ4n) is 4.04. The van der Waals surface area contributed by atoms with Crippen molar-refractivity contribution < 1.29 is 23.6 Å². The zero-order valence-corrected chi connectivity index (χ0v) is 17.4. The highest BCUT2D eigenvalue weighted by Gasteiger charge is 2.28. The standard InChI is InChI=1S/C23H28FN3O3/c1-2-26(15-20-17-29-21-5-3-4-6-22(21)30-20)23(28)16-25-11-13-27(14-12-25)19-9-7-18(24)8-10-19/h3-10,20H,2,11-17H2,1H3/p+1/t20-/m1/s1. The molecule has 0 aromatic heterocycles. The van der Waals surface area contributed by atoms with Gasteiger partial charge in [0.1, 0.15) is 12.4 Å². The Bertz CT molecular complexity index is 853. The topological polar surface area (TPSA) is 46.5 Å². The number of ether oxygens (including phenoxy) is 2. The van der Waals surface area contributed by atoms with Gasteiger partial charge in [-0.2, -0.15) is 0 Å². The van der Waals surface area contributed by atoms with Gasteiger partial charge in [-0.1, -0.05) is 12.1 Å². The molecule has 2 aromatic carbocycles. The van der Waals surface area contributed by atoms with Gasteiger partial charge in [-0.25, -0.2) is 4.39 Å². The number of likely N-dealkylation sites (N-methyl/N-ethyl adjacent to an activating group) is 1. The van der Waals surface area contributed by atoms with Crippen LogP contribution >= 0.6 is 0 Å². The lowest BCUT2D eigenvalue weighted by Gasteiger charge is -2.35. The summed E-state index contributed by atoms with van der Waals surface area (Å²) in [5.74, 6) is 1.42. The molecule has 1 saturated heterocycles. The Hall–Kier alpha value is -2.80. The molecule has 6 nitrogen and oxygen atoms in total. The van der Waals surface area contributed by atoms with E-state index in [1.807, 2.05) is 48.2 Å². The van der Waals surface area contributed by atoms with Gasteiger partial charge in [0.25, 0.3) is 5.91 Å². The first kappa shape index (κ1) is 20.5. The van der Waals surface area contributed by atoms with Crippen LogP contribution in [0, 0.1) is 5.82 Å². The van der Waals surface area contributed by atoms with E-state index in [1.54, 1.807) is 0 Å². The van der Waals surface area contributed by atoms with E-state index in [4.69, 9.17) is 9.47 Å². The van der Waals surface area contributed by atoms with Gasteiger partial charge in [-0.05, 0) is 43.3 Å². The Labute approximate surface area is 176 Å². The highest BCUT2D eigenvalue weighted by atomic mass is 19.1. The molecule has 1 N–H and O–H groups in total. The molecule has 0 saturated carbocycles. The van der Waals surface area contributed by atoms with Crippen molar-refractivity contribution in [3.8, 4) is 11.5 Å². The van der Waals surface area contributed by atoms with Crippen LogP contribution in [0.15, 0.2) is 48.5 Å². The number of fused-ring (bicyclic) bond motifs is 1. The number of anilines is 1. The van der Waals surface area contributed by atoms with Crippen LogP contribution in [-0.2, 0) is 4.79 Å². The lowest BCUT2D eigenvalue weighted by atomic mass is 10.2. The Morgan fingerprint density at radius 1 is 1.13 bits per heavy atom. The average Bonchev–Trinajstić information content (AvgIpc) is 2.78. The minimum Gasteiger partial charge on any atom is -0.486 e. The molecule has 1 fully saturated rings. The molecule has 0 spiro atoms. The Morgan fingerprint density at radius 3 is 2.53 bits per heavy atom. The van der Waals surface area contributed by atoms with Crippen LogP contribution in [0.25, 0.3) is 0 Å². The van der Waals surface area contributed by atoms with Crippen molar-refractivity contribution in [2.24, 2.45) is 0 Å². The van der Waals surface area contributed by atoms with Gasteiger partial charge < -0.3 is 24.2 Å². The molecule has 2 aromatic rings. The van der Waals surface area contributed by atoms with E-state index in [-0.39, 0.29) is 17.8 Å². The van der Waals surface area contributed by atoms with Gasteiger partial charge in [0.05, 0.1) is 32.7 Å². The molecule has 2 heterocycles. The summed E-state index contributed by atoms with van der Waals surface area (Å²) < 4.78 is 24.9. The summed E-state index contributed by atoms with van der Waals surface area (Å²) in [6.07, 6.45) is -0.158. The predicted octanol–water partition coefficient (Wildman–Crippen LogP) is 1.22. The van der Waals surface area contributed by atoms with Gasteiger partial charge in [0.15, 0.2) is 24.1 Å². The van der Waals surface area contributed by atoms with Crippen molar-refractivity contribution in [1.82, 2.24) is 4.90 Å². The lowest BCUT2D eigenvalue weighted by molar-refractivity contribution is -0.892. The average molecular weight is 415 g/mol. The number of benzene rings is 2. The fraction of sp³-hybridized carbons (Fsp3) is 0.435. The summed E-state index contributed by atoms with van der Waals surface area (Å²) in [5.41, 5.74) is 1.03. The quantitative estimate of drug-likeness (QED) is 0.772. The van der Waals surface area contributed by atoms with E-state index in [1.165, 1.54) is 17.0 Å². The highest BCUT2D eigenvalue weighted by Crippen LogP contribution is 2.31. The third-order valence-electron chi connectivity index (χ3n) is 5.79. The largest absolute Gasteiger partial charge is 0.486 e. The summed E-state index contributed by atoms with van der Waals surface area (Å²) in [7, 11) is 0. The fourth-order valence-corrected chi connectivity index (χ4v) is 4.04. The van der Waals surface area contributed by atoms with Crippen molar-refractivity contribution in [1.29, 1.82) is 0 Å². The summed E-state index contributed by atoms with van der Waals surface area (Å²) in [4.78, 5) is 18.3. The highest BCUT2D eigenvalue weighted by molar-refractivity contribution is 5.77. The van der Waals surface area contributed by atoms with Crippen molar-refractivity contribution in [2.45, 2.75) is 13.0 Å². The number of nitrogens with one attached hydrogen (secondary N) is 1. The van der Waals surface area contributed by atoms with Crippen molar-refractivity contribution in [2.75, 3.05) is 57.3 Å². The number of rotatable bonds is 6. The predicted molar refractivity (Wildman–Crippen MR) is 113 cm³/mol. The third-order valence-corrected chi connectivity index (χ3v) is 5.79. The SMILES string of the molecule is CCN(C[C@@H]1COc2ccccc2O1)C(=O)C[NH+]1CCN(c2ccc(F)cc2)CC1. The number of amides is 1. The molecule has 2 aliphatic heterocycles. The maximum absolute atomic E-state index is 13.1. The zero-order valence-electron chi connectivity index (χ0n) is 17.4. The summed E-state index contributed by atoms with van der Waals surface area (Å²) in [5, 5.41) is 0. The van der Waals surface area contributed by atoms with E-state index in [2.05, 4.69) is 4.90 Å². The minimum atomic E-state index is -0.218. The van der Waals surface area contributed by atoms with Crippen molar-refractivity contribution >= 4 is 11.6 Å². The second-order valence-electron chi connectivity index (χ2n) is 7.82. The molecule has 0 aliphatic carbocycles. The third kappa shape index (κ3) is 4.84. The molecule has 0 unspecified atom stereocenters. The van der Waals surface area contributed by atoms with Crippen LogP contribution < -0.4 is 19.3 Å². The first-order valence-corrected chi connectivity index (χ1v) is 10.6. The van der Waals surface area contributed by atoms with Crippen molar-refractivity contribution in [3.05, 3.63) is 54.3 Å². The number of halogens is 1. The van der Waals surface area contributed by atoms with Gasteiger partial charge >= 0.3 is 0 Å². The molecule has 4 rings (SSSR count). The maximum Gasteiger partial charge on any atom is 0.277 e. The number of para-hydroxylation sites is 2. The van der Waals surface area contributed by atoms with E-state index in [0.717, 1.165) is 43.4 Å². The van der Waals surface area contributed by atoms with Crippen LogP contribution in [0.1, 0.15) is 6.92 Å². The van der Waals surface area contributed by atoms with Gasteiger partial charge in [-0.3, -0.25) is 4.79 Å². The first-order chi connectivity index (χ1) is 14.6. The number of carbonyl (C=O) groups excluding carboxylic acids is 1. The van der Waals surface area contributed by atoms with Crippen LogP contribution in [0.4, 0.5) is 10.1 Å². The van der Waals surface area contributed by atoms with Crippen LogP contribution in [0.3, 0.4) is 0 Å². The summed E-state index contributed by atoms with van der Waals surface area (Å²) in [6, 6.07) is 14.2. The molecule has 2 aliphatic rings. The Balaban J connectivity index is 1.26. The molecule has 0 bridgehead atoms. The molecule has 1 atom stereocenters. The van der Waals surface area contributed by atoms with E-state index >= 15 is 0 Å². The molecule has 160 valence electrons. The maximum atomic E-state index is 13.1. The molecule has 7 heteroatoms. The Morgan fingerprint density at radius 2 is 1.83 bits per heavy atom. The number of quaternary nitrogens is 1. The van der Waals surface area contributed by atoms with Gasteiger partial charge in [0.2, 0.25) is 0 Å². The first-order valence-electron chi connectivity index (χ1n) is 10.6. The van der Waals surface area contributed by atoms with Crippen LogP contribution in [-0.4, -0.2) is 69.3 Å². The van der Waals surface area contributed by atoms with Gasteiger partial charge in [0, 0.05) is 12.2 Å². The molecule has 0 radical (unpaired) electrons. The number of carbonyl (C=O) groups is 1. The molecular formula is C23H29FN3O3+. The van der Waals surface area contributed by atoms with Crippen LogP contribution in [0.2, 0.25) is 0 Å². The van der Waals surface area contributed by atoms with Gasteiger partial charge in [-0.15, -0.1) is 0 Å². The van der Waals surface area contributed by atoms with E-state index in [9.17, 15) is 9.18 Å². The number of nitrogens with zero attached hydrogens (tertiary/aromatic N) is 2. The zero-order chi connectivity index (χ0) is 20.9. The normalized spacial score (nSPS) is 18.9. The molecule has 1 amide bonds. The Kier molecular flexibility index (Phi) is 6.38.